The Bertz CT molecular complexity index is 578. The van der Waals surface area contributed by atoms with Crippen LogP contribution in [0.4, 0.5) is 0 Å². The van der Waals surface area contributed by atoms with E-state index < -0.39 is 5.60 Å². The highest BCUT2D eigenvalue weighted by Gasteiger charge is 2.42. The first-order valence-corrected chi connectivity index (χ1v) is 8.35. The van der Waals surface area contributed by atoms with Crippen LogP contribution in [0, 0.1) is 0 Å². The summed E-state index contributed by atoms with van der Waals surface area (Å²) in [6.45, 7) is 4.19. The largest absolute Gasteiger partial charge is 0.493 e. The molecular formula is C18H28N2O4. The van der Waals surface area contributed by atoms with Crippen LogP contribution in [0.3, 0.4) is 0 Å². The number of amides is 1. The number of rotatable bonds is 7. The van der Waals surface area contributed by atoms with Gasteiger partial charge in [0.15, 0.2) is 17.1 Å². The molecule has 1 saturated heterocycles. The average Bonchev–Trinajstić information content (AvgIpc) is 2.58. The summed E-state index contributed by atoms with van der Waals surface area (Å²) in [5, 5.41) is 10.8. The summed E-state index contributed by atoms with van der Waals surface area (Å²) in [6.07, 6.45) is 1.29. The molecule has 1 aromatic carbocycles. The highest BCUT2D eigenvalue weighted by Crippen LogP contribution is 2.33. The van der Waals surface area contributed by atoms with Gasteiger partial charge in [-0.2, -0.15) is 0 Å². The summed E-state index contributed by atoms with van der Waals surface area (Å²) in [5.74, 6) is 1.06. The van der Waals surface area contributed by atoms with Crippen LogP contribution >= 0.6 is 0 Å². The van der Waals surface area contributed by atoms with Gasteiger partial charge >= 0.3 is 0 Å². The highest BCUT2D eigenvalue weighted by atomic mass is 16.5. The number of hydrogen-bond acceptors (Lipinski definition) is 5. The second-order valence-electron chi connectivity index (χ2n) is 6.34. The minimum absolute atomic E-state index is 0.209. The molecule has 1 fully saturated rings. The third-order valence-corrected chi connectivity index (χ3v) is 4.62. The Labute approximate surface area is 144 Å². The lowest BCUT2D eigenvalue weighted by Gasteiger charge is -2.40. The molecular weight excluding hydrogens is 308 g/mol. The van der Waals surface area contributed by atoms with E-state index in [1.54, 1.807) is 19.1 Å². The number of likely N-dealkylation sites (N-methyl/N-ethyl adjacent to an activating group) is 1. The lowest BCUT2D eigenvalue weighted by atomic mass is 9.90. The maximum Gasteiger partial charge on any atom is 0.256 e. The molecule has 1 atom stereocenters. The smallest absolute Gasteiger partial charge is 0.256 e. The number of methoxy groups -OCH3 is 2. The van der Waals surface area contributed by atoms with Gasteiger partial charge in [0.2, 0.25) is 0 Å². The van der Waals surface area contributed by atoms with Crippen molar-refractivity contribution in [3.05, 3.63) is 23.8 Å². The van der Waals surface area contributed by atoms with E-state index >= 15 is 0 Å². The third-order valence-electron chi connectivity index (χ3n) is 4.62. The van der Waals surface area contributed by atoms with Crippen LogP contribution in [0.2, 0.25) is 0 Å². The van der Waals surface area contributed by atoms with Gasteiger partial charge in [-0.1, -0.05) is 19.1 Å². The maximum absolute atomic E-state index is 12.8. The first kappa shape index (κ1) is 18.5. The van der Waals surface area contributed by atoms with Gasteiger partial charge in [0, 0.05) is 25.2 Å². The van der Waals surface area contributed by atoms with Gasteiger partial charge in [-0.05, 0) is 32.5 Å². The number of aliphatic hydroxyl groups is 1. The van der Waals surface area contributed by atoms with E-state index in [0.29, 0.717) is 37.6 Å². The third kappa shape index (κ3) is 3.82. The van der Waals surface area contributed by atoms with Crippen LogP contribution in [0.15, 0.2) is 18.2 Å². The van der Waals surface area contributed by atoms with E-state index in [0.717, 1.165) is 18.5 Å². The van der Waals surface area contributed by atoms with Crippen molar-refractivity contribution in [1.82, 2.24) is 9.80 Å². The molecule has 1 N–H and O–H groups in total. The van der Waals surface area contributed by atoms with E-state index in [1.807, 2.05) is 37.1 Å². The number of carbonyl (C=O) groups excluding carboxylic acids is 1. The molecule has 0 aliphatic carbocycles. The predicted molar refractivity (Wildman–Crippen MR) is 92.3 cm³/mol. The van der Waals surface area contributed by atoms with Gasteiger partial charge in [-0.3, -0.25) is 4.79 Å². The monoisotopic (exact) mass is 336 g/mol. The summed E-state index contributed by atoms with van der Waals surface area (Å²) < 4.78 is 10.8. The summed E-state index contributed by atoms with van der Waals surface area (Å²) >= 11 is 0. The number of benzene rings is 1. The van der Waals surface area contributed by atoms with Crippen LogP contribution in [-0.2, 0) is 11.3 Å². The molecule has 1 aromatic rings. The van der Waals surface area contributed by atoms with Gasteiger partial charge in [0.1, 0.15) is 0 Å². The number of nitrogens with zero attached hydrogens (tertiary/aromatic N) is 2. The van der Waals surface area contributed by atoms with Gasteiger partial charge in [0.25, 0.3) is 5.91 Å². The Hall–Kier alpha value is -1.79. The molecule has 1 aliphatic heterocycles. The second-order valence-corrected chi connectivity index (χ2v) is 6.34. The van der Waals surface area contributed by atoms with Crippen molar-refractivity contribution >= 4 is 5.91 Å². The van der Waals surface area contributed by atoms with E-state index in [4.69, 9.17) is 9.47 Å². The summed E-state index contributed by atoms with van der Waals surface area (Å²) in [5.41, 5.74) is -0.437. The van der Waals surface area contributed by atoms with Crippen molar-refractivity contribution in [2.24, 2.45) is 0 Å². The SMILES string of the molecule is CCN(C)CC1(O)CCCN(Cc2cccc(OC)c2OC)C1=O. The molecule has 0 bridgehead atoms. The van der Waals surface area contributed by atoms with E-state index in [-0.39, 0.29) is 5.91 Å². The molecule has 24 heavy (non-hydrogen) atoms. The summed E-state index contributed by atoms with van der Waals surface area (Å²) in [7, 11) is 5.09. The van der Waals surface area contributed by atoms with Gasteiger partial charge in [-0.25, -0.2) is 0 Å². The van der Waals surface area contributed by atoms with Crippen molar-refractivity contribution in [3.63, 3.8) is 0 Å². The van der Waals surface area contributed by atoms with E-state index in [2.05, 4.69) is 0 Å². The fourth-order valence-corrected chi connectivity index (χ4v) is 3.20. The van der Waals surface area contributed by atoms with Gasteiger partial charge in [-0.15, -0.1) is 0 Å². The molecule has 0 aromatic heterocycles. The Morgan fingerprint density at radius 3 is 2.71 bits per heavy atom. The molecule has 1 amide bonds. The molecule has 0 radical (unpaired) electrons. The molecule has 1 aliphatic rings. The van der Waals surface area contributed by atoms with Crippen molar-refractivity contribution < 1.29 is 19.4 Å². The van der Waals surface area contributed by atoms with Crippen molar-refractivity contribution in [1.29, 1.82) is 0 Å². The van der Waals surface area contributed by atoms with Crippen LogP contribution < -0.4 is 9.47 Å². The summed E-state index contributed by atoms with van der Waals surface area (Å²) in [6, 6.07) is 5.62. The van der Waals surface area contributed by atoms with Crippen molar-refractivity contribution in [2.45, 2.75) is 31.9 Å². The number of carbonyl (C=O) groups is 1. The van der Waals surface area contributed by atoms with Crippen LogP contribution in [-0.4, -0.2) is 67.3 Å². The molecule has 6 heteroatoms. The lowest BCUT2D eigenvalue weighted by Crippen LogP contribution is -2.57. The number of para-hydroxylation sites is 1. The lowest BCUT2D eigenvalue weighted by molar-refractivity contribution is -0.159. The Kier molecular flexibility index (Phi) is 6.07. The number of likely N-dealkylation sites (tertiary alicyclic amines) is 1. The fourth-order valence-electron chi connectivity index (χ4n) is 3.20. The van der Waals surface area contributed by atoms with Crippen LogP contribution in [0.5, 0.6) is 11.5 Å². The molecule has 1 unspecified atom stereocenters. The topological polar surface area (TPSA) is 62.2 Å². The standard InChI is InChI=1S/C18H28N2O4/c1-5-19(2)13-18(22)10-7-11-20(17(18)21)12-14-8-6-9-15(23-3)16(14)24-4/h6,8-9,22H,5,7,10-13H2,1-4H3. The minimum Gasteiger partial charge on any atom is -0.493 e. The Morgan fingerprint density at radius 2 is 2.08 bits per heavy atom. The second kappa shape index (κ2) is 7.85. The Balaban J connectivity index is 2.19. The van der Waals surface area contributed by atoms with E-state index in [1.165, 1.54) is 0 Å². The fraction of sp³-hybridized carbons (Fsp3) is 0.611. The highest BCUT2D eigenvalue weighted by molar-refractivity contribution is 5.86. The number of piperidine rings is 1. The molecule has 0 saturated carbocycles. The molecule has 134 valence electrons. The van der Waals surface area contributed by atoms with Crippen LogP contribution in [0.25, 0.3) is 0 Å². The van der Waals surface area contributed by atoms with Crippen LogP contribution in [0.1, 0.15) is 25.3 Å². The van der Waals surface area contributed by atoms with E-state index in [9.17, 15) is 9.90 Å². The zero-order valence-electron chi connectivity index (χ0n) is 15.0. The zero-order chi connectivity index (χ0) is 17.7. The molecule has 1 heterocycles. The maximum atomic E-state index is 12.8. The van der Waals surface area contributed by atoms with Gasteiger partial charge in [0.05, 0.1) is 14.2 Å². The first-order valence-electron chi connectivity index (χ1n) is 8.35. The number of hydrogen-bond donors (Lipinski definition) is 1. The molecule has 6 nitrogen and oxygen atoms in total. The number of ether oxygens (including phenoxy) is 2. The minimum atomic E-state index is -1.31. The van der Waals surface area contributed by atoms with Crippen molar-refractivity contribution in [3.8, 4) is 11.5 Å². The average molecular weight is 336 g/mol. The van der Waals surface area contributed by atoms with Gasteiger partial charge < -0.3 is 24.4 Å². The summed E-state index contributed by atoms with van der Waals surface area (Å²) in [4.78, 5) is 16.5. The normalized spacial score (nSPS) is 21.2. The molecule has 2 rings (SSSR count). The quantitative estimate of drug-likeness (QED) is 0.818. The zero-order valence-corrected chi connectivity index (χ0v) is 15.0. The van der Waals surface area contributed by atoms with Crippen molar-refractivity contribution in [2.75, 3.05) is 40.9 Å². The molecule has 0 spiro atoms. The Morgan fingerprint density at radius 1 is 1.33 bits per heavy atom. The predicted octanol–water partition coefficient (Wildman–Crippen LogP) is 1.51. The first-order chi connectivity index (χ1) is 11.4.